The standard InChI is InChI=1S/C25H29ClN4O3.C7H14N2O/c1-14-11-29(23(14)30-15(2)12-33-13-25(30,3)4)24(32)21(19-6-5-9-27-19)20-17-10-16(26)7-8-18(17)28-22(20)31;1-3-10-4-2-9(1)7-5-8-6-7/h5-10,14-15,23,27H,11-13H2,1-4H3,(H,28,31);7-8H,1-6H2. The van der Waals surface area contributed by atoms with Crippen LogP contribution in [0.5, 0.6) is 0 Å². The molecule has 2 amide bonds. The van der Waals surface area contributed by atoms with Gasteiger partial charge < -0.3 is 30.0 Å². The molecule has 11 heteroatoms. The number of rotatable bonds is 4. The van der Waals surface area contributed by atoms with Gasteiger partial charge in [0, 0.05) is 78.7 Å². The SMILES string of the molecule is C1CN(C2CNC2)CCO1.CC1CN(C(=O)C(=C2C(=O)Nc3ccc(Cl)cc32)c2ccc[nH]2)C1N1C(C)COCC1(C)C. The second-order valence-electron chi connectivity index (χ2n) is 12.9. The van der Waals surface area contributed by atoms with Gasteiger partial charge in [-0.05, 0) is 51.1 Å². The summed E-state index contributed by atoms with van der Waals surface area (Å²) in [5, 5.41) is 6.67. The van der Waals surface area contributed by atoms with Crippen molar-refractivity contribution >= 4 is 40.2 Å². The van der Waals surface area contributed by atoms with Crippen LogP contribution >= 0.6 is 11.6 Å². The molecular formula is C32H43ClN6O4. The maximum atomic E-state index is 14.1. The van der Waals surface area contributed by atoms with Crippen LogP contribution in [0.1, 0.15) is 39.0 Å². The number of benzene rings is 1. The lowest BCUT2D eigenvalue weighted by atomic mass is 9.87. The number of morpholine rings is 2. The van der Waals surface area contributed by atoms with Gasteiger partial charge in [0.2, 0.25) is 0 Å². The molecule has 5 aliphatic rings. The predicted octanol–water partition coefficient (Wildman–Crippen LogP) is 3.13. The number of likely N-dealkylation sites (tertiary alicyclic amines) is 1. The van der Waals surface area contributed by atoms with Crippen LogP contribution in [-0.2, 0) is 19.1 Å². The summed E-state index contributed by atoms with van der Waals surface area (Å²) in [5.74, 6) is -0.147. The van der Waals surface area contributed by atoms with E-state index in [1.165, 1.54) is 13.1 Å². The van der Waals surface area contributed by atoms with Crippen molar-refractivity contribution in [3.8, 4) is 0 Å². The lowest BCUT2D eigenvalue weighted by molar-refractivity contribution is -0.191. The van der Waals surface area contributed by atoms with Crippen molar-refractivity contribution in [2.75, 3.05) is 64.5 Å². The Morgan fingerprint density at radius 2 is 1.86 bits per heavy atom. The van der Waals surface area contributed by atoms with Crippen LogP contribution in [0.15, 0.2) is 36.5 Å². The number of nitrogens with zero attached hydrogens (tertiary/aromatic N) is 3. The summed E-state index contributed by atoms with van der Waals surface area (Å²) in [5.41, 5.74) is 2.44. The number of carbonyl (C=O) groups is 2. The number of hydrogen-bond donors (Lipinski definition) is 3. The van der Waals surface area contributed by atoms with E-state index in [2.05, 4.69) is 53.1 Å². The number of halogens is 1. The highest BCUT2D eigenvalue weighted by atomic mass is 35.5. The molecule has 0 spiro atoms. The Bertz CT molecular complexity index is 1370. The van der Waals surface area contributed by atoms with Crippen molar-refractivity contribution in [3.63, 3.8) is 0 Å². The molecule has 43 heavy (non-hydrogen) atoms. The zero-order valence-electron chi connectivity index (χ0n) is 25.5. The molecule has 0 aliphatic carbocycles. The predicted molar refractivity (Wildman–Crippen MR) is 168 cm³/mol. The Morgan fingerprint density at radius 1 is 1.09 bits per heavy atom. The number of H-pyrrole nitrogens is 1. The van der Waals surface area contributed by atoms with Gasteiger partial charge in [0.25, 0.3) is 11.8 Å². The van der Waals surface area contributed by atoms with E-state index < -0.39 is 0 Å². The molecule has 10 nitrogen and oxygen atoms in total. The molecule has 1 aromatic carbocycles. The first-order chi connectivity index (χ1) is 20.7. The number of nitrogens with one attached hydrogen (secondary N) is 3. The van der Waals surface area contributed by atoms with Crippen LogP contribution in [-0.4, -0.2) is 114 Å². The van der Waals surface area contributed by atoms with Crippen LogP contribution in [0.25, 0.3) is 11.1 Å². The maximum Gasteiger partial charge on any atom is 0.258 e. The molecule has 3 atom stereocenters. The zero-order chi connectivity index (χ0) is 30.3. The monoisotopic (exact) mass is 610 g/mol. The van der Waals surface area contributed by atoms with Gasteiger partial charge in [-0.2, -0.15) is 0 Å². The smallest absolute Gasteiger partial charge is 0.258 e. The lowest BCUT2D eigenvalue weighted by Gasteiger charge is -2.59. The third-order valence-corrected chi connectivity index (χ3v) is 9.46. The van der Waals surface area contributed by atoms with Crippen molar-refractivity contribution in [3.05, 3.63) is 52.8 Å². The van der Waals surface area contributed by atoms with Gasteiger partial charge >= 0.3 is 0 Å². The molecule has 3 N–H and O–H groups in total. The summed E-state index contributed by atoms with van der Waals surface area (Å²) in [6.45, 7) is 17.0. The van der Waals surface area contributed by atoms with Crippen molar-refractivity contribution in [1.29, 1.82) is 0 Å². The largest absolute Gasteiger partial charge is 0.379 e. The summed E-state index contributed by atoms with van der Waals surface area (Å²) >= 11 is 6.25. The number of amides is 2. The van der Waals surface area contributed by atoms with E-state index in [1.54, 1.807) is 24.4 Å². The van der Waals surface area contributed by atoms with E-state index >= 15 is 0 Å². The number of aromatic nitrogens is 1. The summed E-state index contributed by atoms with van der Waals surface area (Å²) < 4.78 is 11.1. The van der Waals surface area contributed by atoms with Gasteiger partial charge in [0.1, 0.15) is 0 Å². The molecule has 232 valence electrons. The van der Waals surface area contributed by atoms with E-state index in [0.29, 0.717) is 58.8 Å². The van der Waals surface area contributed by atoms with E-state index in [-0.39, 0.29) is 29.6 Å². The molecule has 0 saturated carbocycles. The van der Waals surface area contributed by atoms with Gasteiger partial charge in [-0.25, -0.2) is 0 Å². The summed E-state index contributed by atoms with van der Waals surface area (Å²) in [7, 11) is 0. The lowest BCUT2D eigenvalue weighted by Crippen LogP contribution is -2.73. The normalized spacial score (nSPS) is 28.6. The third-order valence-electron chi connectivity index (χ3n) is 9.23. The molecule has 3 unspecified atom stereocenters. The minimum absolute atomic E-state index is 0.0692. The molecule has 2 aromatic rings. The Kier molecular flexibility index (Phi) is 8.70. The van der Waals surface area contributed by atoms with Crippen LogP contribution in [0.2, 0.25) is 5.02 Å². The molecule has 6 heterocycles. The van der Waals surface area contributed by atoms with E-state index in [1.807, 2.05) is 17.0 Å². The Labute approximate surface area is 258 Å². The number of carbonyl (C=O) groups excluding carboxylic acids is 2. The van der Waals surface area contributed by atoms with Gasteiger partial charge in [-0.1, -0.05) is 18.5 Å². The molecule has 1 aromatic heterocycles. The van der Waals surface area contributed by atoms with Crippen LogP contribution in [0, 0.1) is 5.92 Å². The molecule has 5 aliphatic heterocycles. The average Bonchev–Trinajstić information content (AvgIpc) is 3.58. The van der Waals surface area contributed by atoms with Crippen molar-refractivity contribution in [1.82, 2.24) is 25.0 Å². The second-order valence-corrected chi connectivity index (χ2v) is 13.3. The quantitative estimate of drug-likeness (QED) is 0.457. The molecule has 0 radical (unpaired) electrons. The number of aromatic amines is 1. The first kappa shape index (κ1) is 30.3. The van der Waals surface area contributed by atoms with E-state index in [4.69, 9.17) is 21.1 Å². The summed E-state index contributed by atoms with van der Waals surface area (Å²) in [4.78, 5) is 37.2. The summed E-state index contributed by atoms with van der Waals surface area (Å²) in [6.07, 6.45) is 1.69. The highest BCUT2D eigenvalue weighted by molar-refractivity contribution is 6.45. The molecule has 4 fully saturated rings. The number of ether oxygens (including phenoxy) is 2. The van der Waals surface area contributed by atoms with Crippen molar-refractivity contribution in [2.45, 2.75) is 51.5 Å². The van der Waals surface area contributed by atoms with Crippen LogP contribution in [0.4, 0.5) is 5.69 Å². The van der Waals surface area contributed by atoms with Gasteiger partial charge in [-0.3, -0.25) is 19.4 Å². The van der Waals surface area contributed by atoms with Gasteiger partial charge in [-0.15, -0.1) is 0 Å². The van der Waals surface area contributed by atoms with E-state index in [0.717, 1.165) is 32.3 Å². The van der Waals surface area contributed by atoms with Crippen molar-refractivity contribution < 1.29 is 19.1 Å². The fourth-order valence-electron chi connectivity index (χ4n) is 7.01. The minimum Gasteiger partial charge on any atom is -0.379 e. The highest BCUT2D eigenvalue weighted by Crippen LogP contribution is 2.42. The molecule has 4 saturated heterocycles. The molecule has 7 rings (SSSR count). The molecule has 0 bridgehead atoms. The first-order valence-electron chi connectivity index (χ1n) is 15.3. The van der Waals surface area contributed by atoms with E-state index in [9.17, 15) is 9.59 Å². The number of hydrogen-bond acceptors (Lipinski definition) is 7. The second kappa shape index (κ2) is 12.3. The maximum absolute atomic E-state index is 14.1. The number of fused-ring (bicyclic) bond motifs is 1. The van der Waals surface area contributed by atoms with Crippen molar-refractivity contribution in [2.24, 2.45) is 5.92 Å². The van der Waals surface area contributed by atoms with Crippen LogP contribution < -0.4 is 10.6 Å². The third kappa shape index (κ3) is 5.89. The van der Waals surface area contributed by atoms with Gasteiger partial charge in [0.05, 0.1) is 49.4 Å². The minimum atomic E-state index is -0.296. The Hall–Kier alpha value is -2.73. The highest BCUT2D eigenvalue weighted by Gasteiger charge is 2.51. The average molecular weight is 611 g/mol. The summed E-state index contributed by atoms with van der Waals surface area (Å²) in [6, 6.07) is 9.88. The molecular weight excluding hydrogens is 568 g/mol. The Morgan fingerprint density at radius 3 is 2.49 bits per heavy atom. The topological polar surface area (TPSA) is 102 Å². The fourth-order valence-corrected chi connectivity index (χ4v) is 7.18. The van der Waals surface area contributed by atoms with Gasteiger partial charge in [0.15, 0.2) is 0 Å². The fraction of sp³-hybridized carbons (Fsp3) is 0.562. The number of anilines is 1. The first-order valence-corrected chi connectivity index (χ1v) is 15.7. The zero-order valence-corrected chi connectivity index (χ0v) is 26.2. The van der Waals surface area contributed by atoms with Crippen LogP contribution in [0.3, 0.4) is 0 Å². The Balaban J connectivity index is 0.000000277.